The van der Waals surface area contributed by atoms with E-state index in [2.05, 4.69) is 32.2 Å². The molecule has 0 heterocycles. The number of carbonyl (C=O) groups excluding carboxylic acids is 1. The van der Waals surface area contributed by atoms with Crippen LogP contribution in [0.1, 0.15) is 38.3 Å². The lowest BCUT2D eigenvalue weighted by atomic mass is 10.1. The molecule has 0 aromatic heterocycles. The number of ether oxygens (including phenoxy) is 1. The van der Waals surface area contributed by atoms with Crippen LogP contribution in [0.3, 0.4) is 0 Å². The second-order valence-corrected chi connectivity index (χ2v) is 6.26. The minimum atomic E-state index is 0. The summed E-state index contributed by atoms with van der Waals surface area (Å²) in [5, 5.41) is 2.09. The van der Waals surface area contributed by atoms with Crippen LogP contribution < -0.4 is 22.5 Å². The summed E-state index contributed by atoms with van der Waals surface area (Å²) in [6.07, 6.45) is 1.07. The molecule has 2 unspecified atom stereocenters. The van der Waals surface area contributed by atoms with E-state index < -0.39 is 0 Å². The van der Waals surface area contributed by atoms with E-state index >= 15 is 0 Å². The lowest BCUT2D eigenvalue weighted by Crippen LogP contribution is -3.00. The largest absolute Gasteiger partial charge is 1.00 e. The van der Waals surface area contributed by atoms with E-state index in [-0.39, 0.29) is 24.4 Å². The summed E-state index contributed by atoms with van der Waals surface area (Å²) in [6.45, 7) is 11.4. The van der Waals surface area contributed by atoms with Gasteiger partial charge in [-0.15, -0.1) is 0 Å². The van der Waals surface area contributed by atoms with Gasteiger partial charge in [0.25, 0.3) is 5.91 Å². The number of quaternary nitrogens is 1. The van der Waals surface area contributed by atoms with Crippen LogP contribution in [-0.2, 0) is 4.79 Å². The van der Waals surface area contributed by atoms with Crippen LogP contribution in [0.5, 0.6) is 5.75 Å². The highest BCUT2D eigenvalue weighted by Crippen LogP contribution is 2.19. The average molecular weight is 343 g/mol. The summed E-state index contributed by atoms with van der Waals surface area (Å²) in [7, 11) is 1.85. The molecule has 5 heteroatoms. The van der Waals surface area contributed by atoms with Crippen molar-refractivity contribution in [3.8, 4) is 5.75 Å². The van der Waals surface area contributed by atoms with E-state index in [1.165, 1.54) is 5.56 Å². The number of halogens is 1. The predicted molar refractivity (Wildman–Crippen MR) is 90.2 cm³/mol. The van der Waals surface area contributed by atoms with Gasteiger partial charge in [0, 0.05) is 7.05 Å². The Morgan fingerprint density at radius 3 is 2.52 bits per heavy atom. The maximum atomic E-state index is 12.2. The molecule has 0 aliphatic heterocycles. The quantitative estimate of drug-likeness (QED) is 0.651. The Morgan fingerprint density at radius 1 is 1.30 bits per heavy atom. The number of benzene rings is 1. The fraction of sp³-hybridized carbons (Fsp3) is 0.611. The van der Waals surface area contributed by atoms with Crippen molar-refractivity contribution >= 4 is 5.91 Å². The van der Waals surface area contributed by atoms with Crippen molar-refractivity contribution in [2.45, 2.75) is 53.1 Å². The van der Waals surface area contributed by atoms with Gasteiger partial charge in [-0.05, 0) is 45.7 Å². The number of hydrogen-bond acceptors (Lipinski definition) is 2. The first-order chi connectivity index (χ1) is 10.3. The zero-order chi connectivity index (χ0) is 16.7. The molecule has 0 radical (unpaired) electrons. The maximum Gasteiger partial charge on any atom is 0.277 e. The van der Waals surface area contributed by atoms with Crippen LogP contribution in [0.2, 0.25) is 0 Å². The first kappa shape index (κ1) is 21.7. The topological polar surface area (TPSA) is 46.2 Å². The molecule has 2 atom stereocenters. The summed E-state index contributed by atoms with van der Waals surface area (Å²) in [5.41, 5.74) is 2.36. The van der Waals surface area contributed by atoms with Crippen LogP contribution in [-0.4, -0.2) is 43.1 Å². The van der Waals surface area contributed by atoms with Gasteiger partial charge in [0.05, 0.1) is 12.1 Å². The fourth-order valence-corrected chi connectivity index (χ4v) is 2.14. The molecule has 0 fully saturated rings. The number of rotatable bonds is 8. The molecule has 1 rings (SSSR count). The van der Waals surface area contributed by atoms with Crippen molar-refractivity contribution < 1.29 is 27.3 Å². The van der Waals surface area contributed by atoms with Crippen LogP contribution in [0.4, 0.5) is 0 Å². The van der Waals surface area contributed by atoms with E-state index in [0.717, 1.165) is 17.7 Å². The third-order valence-electron chi connectivity index (χ3n) is 4.20. The van der Waals surface area contributed by atoms with Gasteiger partial charge in [-0.1, -0.05) is 24.6 Å². The second kappa shape index (κ2) is 10.5. The minimum absolute atomic E-state index is 0. The zero-order valence-corrected chi connectivity index (χ0v) is 16.0. The lowest BCUT2D eigenvalue weighted by Gasteiger charge is -2.25. The van der Waals surface area contributed by atoms with Gasteiger partial charge in [-0.25, -0.2) is 0 Å². The number of hydrogen-bond donors (Lipinski definition) is 1. The van der Waals surface area contributed by atoms with Crippen molar-refractivity contribution in [1.29, 1.82) is 0 Å². The van der Waals surface area contributed by atoms with E-state index in [1.54, 1.807) is 4.90 Å². The number of carbonyl (C=O) groups is 1. The van der Waals surface area contributed by atoms with Crippen molar-refractivity contribution in [3.63, 3.8) is 0 Å². The Morgan fingerprint density at radius 2 is 1.96 bits per heavy atom. The van der Waals surface area contributed by atoms with E-state index in [1.807, 2.05) is 33.0 Å². The second-order valence-electron chi connectivity index (χ2n) is 6.26. The van der Waals surface area contributed by atoms with Gasteiger partial charge in [-0.3, -0.25) is 4.79 Å². The number of nitrogens with two attached hydrogens (primary N) is 1. The number of aryl methyl sites for hydroxylation is 2. The van der Waals surface area contributed by atoms with Gasteiger partial charge in [0.2, 0.25) is 0 Å². The summed E-state index contributed by atoms with van der Waals surface area (Å²) < 4.78 is 5.87. The molecule has 4 nitrogen and oxygen atoms in total. The average Bonchev–Trinajstić information content (AvgIpc) is 2.50. The SMILES string of the molecule is CCC(C)[NH2+]CC(=O)N(C)C(C)COc1ccc(C)cc1C.[Cl-]. The minimum Gasteiger partial charge on any atom is -1.00 e. The molecule has 1 aromatic rings. The Kier molecular flexibility index (Phi) is 9.93. The molecule has 2 N–H and O–H groups in total. The summed E-state index contributed by atoms with van der Waals surface area (Å²) in [4.78, 5) is 13.9. The Labute approximate surface area is 147 Å². The first-order valence-electron chi connectivity index (χ1n) is 8.14. The Hall–Kier alpha value is -1.26. The molecular weight excluding hydrogens is 312 g/mol. The third-order valence-corrected chi connectivity index (χ3v) is 4.20. The normalized spacial score (nSPS) is 13.0. The van der Waals surface area contributed by atoms with Crippen molar-refractivity contribution in [3.05, 3.63) is 29.3 Å². The van der Waals surface area contributed by atoms with Crippen molar-refractivity contribution in [2.24, 2.45) is 0 Å². The van der Waals surface area contributed by atoms with Gasteiger partial charge in [0.15, 0.2) is 6.54 Å². The number of amides is 1. The third kappa shape index (κ3) is 7.23. The molecule has 0 spiro atoms. The van der Waals surface area contributed by atoms with Crippen LogP contribution in [0.25, 0.3) is 0 Å². The molecule has 23 heavy (non-hydrogen) atoms. The molecule has 0 aliphatic rings. The smallest absolute Gasteiger partial charge is 0.277 e. The molecule has 0 bridgehead atoms. The van der Waals surface area contributed by atoms with Crippen LogP contribution >= 0.6 is 0 Å². The van der Waals surface area contributed by atoms with Crippen molar-refractivity contribution in [1.82, 2.24) is 4.90 Å². The number of likely N-dealkylation sites (N-methyl/N-ethyl adjacent to an activating group) is 1. The van der Waals surface area contributed by atoms with Crippen LogP contribution in [0.15, 0.2) is 18.2 Å². The molecule has 0 saturated carbocycles. The highest BCUT2D eigenvalue weighted by molar-refractivity contribution is 5.77. The predicted octanol–water partition coefficient (Wildman–Crippen LogP) is -1.10. The molecular formula is C18H31ClN2O2. The standard InChI is InChI=1S/C18H30N2O2.ClH/c1-7-15(4)19-11-18(21)20(6)16(5)12-22-17-9-8-13(2)10-14(17)3;/h8-10,15-16,19H,7,11-12H2,1-6H3;1H. The van der Waals surface area contributed by atoms with Crippen molar-refractivity contribution in [2.75, 3.05) is 20.2 Å². The summed E-state index contributed by atoms with van der Waals surface area (Å²) in [5.74, 6) is 1.04. The fourth-order valence-electron chi connectivity index (χ4n) is 2.14. The highest BCUT2D eigenvalue weighted by atomic mass is 35.5. The van der Waals surface area contributed by atoms with Crippen LogP contribution in [0, 0.1) is 13.8 Å². The monoisotopic (exact) mass is 342 g/mol. The molecule has 1 amide bonds. The number of nitrogens with zero attached hydrogens (tertiary/aromatic N) is 1. The summed E-state index contributed by atoms with van der Waals surface area (Å²) in [6, 6.07) is 6.69. The van der Waals surface area contributed by atoms with Gasteiger partial charge in [0.1, 0.15) is 12.4 Å². The zero-order valence-electron chi connectivity index (χ0n) is 15.2. The first-order valence-corrected chi connectivity index (χ1v) is 8.14. The van der Waals surface area contributed by atoms with E-state index in [9.17, 15) is 4.79 Å². The Bertz CT molecular complexity index is 494. The van der Waals surface area contributed by atoms with E-state index in [0.29, 0.717) is 19.2 Å². The molecule has 132 valence electrons. The molecule has 0 saturated heterocycles. The Balaban J connectivity index is 0.00000484. The van der Waals surface area contributed by atoms with Gasteiger partial charge >= 0.3 is 0 Å². The lowest BCUT2D eigenvalue weighted by molar-refractivity contribution is -0.676. The summed E-state index contributed by atoms with van der Waals surface area (Å²) >= 11 is 0. The highest BCUT2D eigenvalue weighted by Gasteiger charge is 2.18. The molecule has 1 aromatic carbocycles. The van der Waals surface area contributed by atoms with E-state index in [4.69, 9.17) is 4.74 Å². The maximum absolute atomic E-state index is 12.2. The van der Waals surface area contributed by atoms with Gasteiger partial charge in [-0.2, -0.15) is 0 Å². The van der Waals surface area contributed by atoms with Gasteiger partial charge < -0.3 is 27.4 Å². The molecule has 0 aliphatic carbocycles.